The molecule has 0 radical (unpaired) electrons. The minimum atomic E-state index is -4.32. The van der Waals surface area contributed by atoms with E-state index in [9.17, 15) is 13.2 Å². The summed E-state index contributed by atoms with van der Waals surface area (Å²) in [7, 11) is 0. The molecule has 1 heterocycles. The Bertz CT molecular complexity index is 1100. The zero-order valence-electron chi connectivity index (χ0n) is 19.9. The van der Waals surface area contributed by atoms with Gasteiger partial charge in [0.15, 0.2) is 0 Å². The van der Waals surface area contributed by atoms with Crippen molar-refractivity contribution in [2.45, 2.75) is 50.2 Å². The first-order valence-corrected chi connectivity index (χ1v) is 12.8. The lowest BCUT2D eigenvalue weighted by atomic mass is 9.65. The highest BCUT2D eigenvalue weighted by Gasteiger charge is 2.42. The molecule has 0 amide bonds. The molecular weight excluding hydrogens is 445 g/mol. The van der Waals surface area contributed by atoms with Gasteiger partial charge in [-0.15, -0.1) is 0 Å². The van der Waals surface area contributed by atoms with E-state index in [1.807, 2.05) is 24.3 Å². The molecule has 0 saturated heterocycles. The highest BCUT2D eigenvalue weighted by Crippen LogP contribution is 2.53. The van der Waals surface area contributed by atoms with Gasteiger partial charge in [-0.05, 0) is 97.8 Å². The predicted octanol–water partition coefficient (Wildman–Crippen LogP) is 7.59. The fourth-order valence-corrected chi connectivity index (χ4v) is 6.03. The second kappa shape index (κ2) is 10.4. The Morgan fingerprint density at radius 1 is 0.886 bits per heavy atom. The summed E-state index contributed by atoms with van der Waals surface area (Å²) < 4.78 is 40.6. The summed E-state index contributed by atoms with van der Waals surface area (Å²) in [6.07, 6.45) is 0.863. The molecule has 3 aromatic carbocycles. The summed E-state index contributed by atoms with van der Waals surface area (Å²) in [6.45, 7) is 1.89. The molecule has 5 rings (SSSR count). The van der Waals surface area contributed by atoms with Crippen molar-refractivity contribution in [2.75, 3.05) is 18.4 Å². The van der Waals surface area contributed by atoms with Crippen molar-refractivity contribution in [3.63, 3.8) is 0 Å². The van der Waals surface area contributed by atoms with Crippen LogP contribution in [0.4, 0.5) is 18.9 Å². The van der Waals surface area contributed by atoms with Crippen LogP contribution in [0.3, 0.4) is 0 Å². The zero-order chi connectivity index (χ0) is 24.3. The fraction of sp³-hybridized carbons (Fsp3) is 0.400. The number of anilines is 1. The van der Waals surface area contributed by atoms with Crippen molar-refractivity contribution in [3.8, 4) is 0 Å². The largest absolute Gasteiger partial charge is 0.416 e. The first kappa shape index (κ1) is 23.9. The quantitative estimate of drug-likeness (QED) is 0.342. The van der Waals surface area contributed by atoms with Crippen LogP contribution in [0.15, 0.2) is 78.9 Å². The molecule has 1 saturated carbocycles. The topological polar surface area (TPSA) is 24.1 Å². The predicted molar refractivity (Wildman–Crippen MR) is 135 cm³/mol. The van der Waals surface area contributed by atoms with E-state index in [2.05, 4.69) is 47.0 Å². The molecule has 2 nitrogen and oxygen atoms in total. The van der Waals surface area contributed by atoms with Crippen LogP contribution in [0.1, 0.15) is 59.9 Å². The van der Waals surface area contributed by atoms with Gasteiger partial charge >= 0.3 is 6.18 Å². The van der Waals surface area contributed by atoms with Gasteiger partial charge in [0.05, 0.1) is 11.6 Å². The summed E-state index contributed by atoms with van der Waals surface area (Å²) in [5.41, 5.74) is 3.71. The smallest absolute Gasteiger partial charge is 0.378 e. The number of hydrogen-bond donors (Lipinski definition) is 2. The van der Waals surface area contributed by atoms with Crippen molar-refractivity contribution in [2.24, 2.45) is 11.8 Å². The van der Waals surface area contributed by atoms with Crippen molar-refractivity contribution in [1.82, 2.24) is 5.32 Å². The molecular formula is C30H33F3N2. The van der Waals surface area contributed by atoms with Gasteiger partial charge in [-0.25, -0.2) is 0 Å². The number of rotatable bonds is 7. The highest BCUT2D eigenvalue weighted by molar-refractivity contribution is 5.59. The number of halogens is 3. The van der Waals surface area contributed by atoms with Crippen LogP contribution in [0.2, 0.25) is 0 Å². The average molecular weight is 479 g/mol. The van der Waals surface area contributed by atoms with Crippen molar-refractivity contribution >= 4 is 5.69 Å². The second-order valence-electron chi connectivity index (χ2n) is 10.1. The average Bonchev–Trinajstić information content (AvgIpc) is 2.88. The van der Waals surface area contributed by atoms with Gasteiger partial charge in [-0.2, -0.15) is 13.2 Å². The van der Waals surface area contributed by atoms with Crippen LogP contribution in [-0.2, 0) is 12.6 Å². The van der Waals surface area contributed by atoms with Crippen molar-refractivity contribution in [3.05, 3.63) is 101 Å². The van der Waals surface area contributed by atoms with E-state index in [-0.39, 0.29) is 12.0 Å². The lowest BCUT2D eigenvalue weighted by Crippen LogP contribution is -2.38. The lowest BCUT2D eigenvalue weighted by molar-refractivity contribution is -0.137. The van der Waals surface area contributed by atoms with E-state index in [1.54, 1.807) is 6.07 Å². The Morgan fingerprint density at radius 3 is 2.37 bits per heavy atom. The number of alkyl halides is 3. The van der Waals surface area contributed by atoms with Crippen LogP contribution in [0.25, 0.3) is 0 Å². The van der Waals surface area contributed by atoms with E-state index >= 15 is 0 Å². The summed E-state index contributed by atoms with van der Waals surface area (Å²) in [5.74, 6) is 0.899. The maximum atomic E-state index is 13.5. The molecule has 0 bridgehead atoms. The summed E-state index contributed by atoms with van der Waals surface area (Å²) in [4.78, 5) is 0. The van der Waals surface area contributed by atoms with E-state index in [1.165, 1.54) is 23.3 Å². The summed E-state index contributed by atoms with van der Waals surface area (Å²) >= 11 is 0. The molecule has 0 aromatic heterocycles. The maximum absolute atomic E-state index is 13.5. The monoisotopic (exact) mass is 478 g/mol. The molecule has 2 aliphatic rings. The third-order valence-corrected chi connectivity index (χ3v) is 7.78. The fourth-order valence-electron chi connectivity index (χ4n) is 6.03. The molecule has 4 atom stereocenters. The van der Waals surface area contributed by atoms with E-state index in [0.717, 1.165) is 56.4 Å². The molecule has 3 aromatic rings. The Labute approximate surface area is 206 Å². The molecule has 1 aliphatic carbocycles. The van der Waals surface area contributed by atoms with Crippen LogP contribution < -0.4 is 10.6 Å². The maximum Gasteiger partial charge on any atom is 0.416 e. The lowest BCUT2D eigenvalue weighted by Gasteiger charge is -2.46. The van der Waals surface area contributed by atoms with E-state index < -0.39 is 11.7 Å². The number of benzene rings is 3. The van der Waals surface area contributed by atoms with Crippen LogP contribution in [0.5, 0.6) is 0 Å². The number of nitrogens with one attached hydrogen (secondary N) is 2. The second-order valence-corrected chi connectivity index (χ2v) is 10.1. The Balaban J connectivity index is 1.29. The molecule has 0 unspecified atom stereocenters. The Kier molecular flexibility index (Phi) is 7.14. The first-order valence-electron chi connectivity index (χ1n) is 12.8. The number of hydrogen-bond acceptors (Lipinski definition) is 2. The minimum absolute atomic E-state index is 0.128. The standard InChI is InChI=1S/C30H33F3N2/c31-30(32,33)24-14-16-28-27(19-24)26-18-22(20-34-17-7-10-21-8-3-1-4-9-21)13-15-25(26)29(35-28)23-11-5-2-6-12-23/h1-6,8-9,11-12,14,16,19,22,25-26,29,34-35H,7,10,13,15,17-18,20H2/t22-,25+,26-,29-/m0/s1. The minimum Gasteiger partial charge on any atom is -0.378 e. The van der Waals surface area contributed by atoms with Gasteiger partial charge in [0, 0.05) is 5.69 Å². The van der Waals surface area contributed by atoms with Crippen LogP contribution in [0, 0.1) is 11.8 Å². The third kappa shape index (κ3) is 5.56. The van der Waals surface area contributed by atoms with Gasteiger partial charge in [0.1, 0.15) is 0 Å². The summed E-state index contributed by atoms with van der Waals surface area (Å²) in [5, 5.41) is 7.23. The van der Waals surface area contributed by atoms with Gasteiger partial charge in [-0.1, -0.05) is 60.7 Å². The van der Waals surface area contributed by atoms with E-state index in [0.29, 0.717) is 11.8 Å². The van der Waals surface area contributed by atoms with Gasteiger partial charge in [-0.3, -0.25) is 0 Å². The normalized spacial score (nSPS) is 23.7. The van der Waals surface area contributed by atoms with Crippen LogP contribution >= 0.6 is 0 Å². The molecule has 35 heavy (non-hydrogen) atoms. The third-order valence-electron chi connectivity index (χ3n) is 7.78. The van der Waals surface area contributed by atoms with Crippen LogP contribution in [-0.4, -0.2) is 13.1 Å². The molecule has 5 heteroatoms. The SMILES string of the molecule is FC(F)(F)c1ccc2c(c1)[C@H]1C[C@@H](CNCCCc3ccccc3)CC[C@H]1[C@H](c1ccccc1)N2. The highest BCUT2D eigenvalue weighted by atomic mass is 19.4. The van der Waals surface area contributed by atoms with Gasteiger partial charge in [0.2, 0.25) is 0 Å². The van der Waals surface area contributed by atoms with Crippen molar-refractivity contribution in [1.29, 1.82) is 0 Å². The summed E-state index contributed by atoms with van der Waals surface area (Å²) in [6, 6.07) is 25.2. The number of fused-ring (bicyclic) bond motifs is 3. The Hall–Kier alpha value is -2.79. The van der Waals surface area contributed by atoms with Gasteiger partial charge in [0.25, 0.3) is 0 Å². The molecule has 184 valence electrons. The Morgan fingerprint density at radius 2 is 1.63 bits per heavy atom. The van der Waals surface area contributed by atoms with Gasteiger partial charge < -0.3 is 10.6 Å². The molecule has 0 spiro atoms. The van der Waals surface area contributed by atoms with E-state index in [4.69, 9.17) is 0 Å². The molecule has 1 fully saturated rings. The van der Waals surface area contributed by atoms with Crippen molar-refractivity contribution < 1.29 is 13.2 Å². The molecule has 2 N–H and O–H groups in total. The zero-order valence-corrected chi connectivity index (χ0v) is 19.9. The molecule has 1 aliphatic heterocycles. The number of aryl methyl sites for hydroxylation is 1. The first-order chi connectivity index (χ1) is 17.0.